The fourth-order valence-corrected chi connectivity index (χ4v) is 3.28. The van der Waals surface area contributed by atoms with Gasteiger partial charge in [-0.15, -0.1) is 0 Å². The smallest absolute Gasteiger partial charge is 0.255 e. The topological polar surface area (TPSA) is 65.5 Å². The first-order chi connectivity index (χ1) is 13.7. The molecule has 0 bridgehead atoms. The van der Waals surface area contributed by atoms with Crippen molar-refractivity contribution in [3.8, 4) is 0 Å². The second-order valence-corrected chi connectivity index (χ2v) is 6.65. The van der Waals surface area contributed by atoms with Crippen LogP contribution in [0.4, 0.5) is 17.3 Å². The molecule has 7 nitrogen and oxygen atoms in total. The quantitative estimate of drug-likeness (QED) is 0.699. The Morgan fingerprint density at radius 3 is 2.36 bits per heavy atom. The molecule has 3 heterocycles. The maximum absolute atomic E-state index is 13.0. The molecule has 7 heteroatoms. The zero-order valence-corrected chi connectivity index (χ0v) is 15.8. The van der Waals surface area contributed by atoms with Crippen LogP contribution in [0, 0.1) is 0 Å². The van der Waals surface area contributed by atoms with Crippen molar-refractivity contribution in [2.45, 2.75) is 0 Å². The zero-order valence-electron chi connectivity index (χ0n) is 15.8. The predicted octanol–water partition coefficient (Wildman–Crippen LogP) is 2.60. The number of pyridine rings is 1. The zero-order chi connectivity index (χ0) is 19.3. The molecular formula is C21H22N6O. The number of aromatic nitrogens is 3. The summed E-state index contributed by atoms with van der Waals surface area (Å²) in [6.07, 6.45) is 6.88. The number of rotatable bonds is 4. The van der Waals surface area contributed by atoms with Crippen LogP contribution >= 0.6 is 0 Å². The number of para-hydroxylation sites is 1. The van der Waals surface area contributed by atoms with Crippen molar-refractivity contribution < 1.29 is 4.79 Å². The highest BCUT2D eigenvalue weighted by Gasteiger charge is 2.24. The third-order valence-corrected chi connectivity index (χ3v) is 4.90. The molecule has 0 aliphatic carbocycles. The van der Waals surface area contributed by atoms with E-state index in [0.717, 1.165) is 11.4 Å². The summed E-state index contributed by atoms with van der Waals surface area (Å²) in [5, 5.41) is 0. The van der Waals surface area contributed by atoms with Gasteiger partial charge in [0, 0.05) is 57.5 Å². The minimum atomic E-state index is 0.00411. The number of hydrogen-bond donors (Lipinski definition) is 0. The minimum absolute atomic E-state index is 0.00411. The molecule has 1 aliphatic heterocycles. The van der Waals surface area contributed by atoms with Crippen molar-refractivity contribution in [1.29, 1.82) is 0 Å². The molecule has 1 amide bonds. The summed E-state index contributed by atoms with van der Waals surface area (Å²) < 4.78 is 0. The molecular weight excluding hydrogens is 352 g/mol. The van der Waals surface area contributed by atoms with Gasteiger partial charge in [0.25, 0.3) is 5.91 Å². The average molecular weight is 374 g/mol. The predicted molar refractivity (Wildman–Crippen MR) is 109 cm³/mol. The van der Waals surface area contributed by atoms with Gasteiger partial charge in [-0.05, 0) is 24.3 Å². The number of amides is 1. The number of benzene rings is 1. The second-order valence-electron chi connectivity index (χ2n) is 6.65. The van der Waals surface area contributed by atoms with Crippen molar-refractivity contribution in [3.63, 3.8) is 0 Å². The molecule has 1 aliphatic rings. The normalized spacial score (nSPS) is 14.0. The SMILES string of the molecule is CN(c1ccccc1)c1cncc(C(=O)N2CCN(c3ncccn3)CC2)c1. The lowest BCUT2D eigenvalue weighted by Gasteiger charge is -2.34. The molecule has 0 unspecified atom stereocenters. The highest BCUT2D eigenvalue weighted by molar-refractivity contribution is 5.95. The highest BCUT2D eigenvalue weighted by Crippen LogP contribution is 2.23. The van der Waals surface area contributed by atoms with Crippen LogP contribution in [0.3, 0.4) is 0 Å². The summed E-state index contributed by atoms with van der Waals surface area (Å²) in [7, 11) is 1.97. The van der Waals surface area contributed by atoms with Gasteiger partial charge >= 0.3 is 0 Å². The van der Waals surface area contributed by atoms with Crippen LogP contribution in [0.2, 0.25) is 0 Å². The molecule has 0 atom stereocenters. The Morgan fingerprint density at radius 2 is 1.64 bits per heavy atom. The number of nitrogens with zero attached hydrogens (tertiary/aromatic N) is 6. The maximum atomic E-state index is 13.0. The Bertz CT molecular complexity index is 926. The van der Waals surface area contributed by atoms with E-state index in [1.807, 2.05) is 53.2 Å². The van der Waals surface area contributed by atoms with Gasteiger partial charge in [0.15, 0.2) is 0 Å². The highest BCUT2D eigenvalue weighted by atomic mass is 16.2. The number of anilines is 3. The molecule has 0 spiro atoms. The second kappa shape index (κ2) is 8.04. The average Bonchev–Trinajstić information content (AvgIpc) is 2.79. The van der Waals surface area contributed by atoms with E-state index in [0.29, 0.717) is 37.7 Å². The molecule has 3 aromatic rings. The first kappa shape index (κ1) is 17.9. The van der Waals surface area contributed by atoms with E-state index in [-0.39, 0.29) is 5.91 Å². The van der Waals surface area contributed by atoms with Crippen LogP contribution in [-0.2, 0) is 0 Å². The van der Waals surface area contributed by atoms with Crippen LogP contribution < -0.4 is 9.80 Å². The lowest BCUT2D eigenvalue weighted by molar-refractivity contribution is 0.0746. The van der Waals surface area contributed by atoms with Crippen molar-refractivity contribution in [2.24, 2.45) is 0 Å². The molecule has 1 fully saturated rings. The van der Waals surface area contributed by atoms with E-state index in [2.05, 4.69) is 19.9 Å². The molecule has 1 aromatic carbocycles. The summed E-state index contributed by atoms with van der Waals surface area (Å²) in [6.45, 7) is 2.70. The van der Waals surface area contributed by atoms with Crippen molar-refractivity contribution in [1.82, 2.24) is 19.9 Å². The number of carbonyl (C=O) groups excluding carboxylic acids is 1. The Balaban J connectivity index is 1.44. The van der Waals surface area contributed by atoms with Gasteiger partial charge in [-0.1, -0.05) is 18.2 Å². The molecule has 4 rings (SSSR count). The van der Waals surface area contributed by atoms with Gasteiger partial charge in [0.1, 0.15) is 0 Å². The summed E-state index contributed by atoms with van der Waals surface area (Å²) in [5.41, 5.74) is 2.53. The monoisotopic (exact) mass is 374 g/mol. The van der Waals surface area contributed by atoms with Gasteiger partial charge < -0.3 is 14.7 Å². The van der Waals surface area contributed by atoms with Crippen LogP contribution in [0.1, 0.15) is 10.4 Å². The summed E-state index contributed by atoms with van der Waals surface area (Å²) in [6, 6.07) is 13.7. The molecule has 1 saturated heterocycles. The van der Waals surface area contributed by atoms with Crippen LogP contribution in [-0.4, -0.2) is 59.0 Å². The fourth-order valence-electron chi connectivity index (χ4n) is 3.28. The molecule has 2 aromatic heterocycles. The van der Waals surface area contributed by atoms with Gasteiger partial charge in [0.2, 0.25) is 5.95 Å². The minimum Gasteiger partial charge on any atom is -0.343 e. The van der Waals surface area contributed by atoms with Gasteiger partial charge in [-0.2, -0.15) is 0 Å². The molecule has 0 saturated carbocycles. The summed E-state index contributed by atoms with van der Waals surface area (Å²) >= 11 is 0. The van der Waals surface area contributed by atoms with E-state index in [1.54, 1.807) is 30.9 Å². The van der Waals surface area contributed by atoms with Crippen LogP contribution in [0.15, 0.2) is 67.3 Å². The number of hydrogen-bond acceptors (Lipinski definition) is 6. The maximum Gasteiger partial charge on any atom is 0.255 e. The largest absolute Gasteiger partial charge is 0.343 e. The number of carbonyl (C=O) groups is 1. The first-order valence-corrected chi connectivity index (χ1v) is 9.27. The van der Waals surface area contributed by atoms with Crippen molar-refractivity contribution >= 4 is 23.2 Å². The Labute approximate surface area is 164 Å². The van der Waals surface area contributed by atoms with E-state index in [9.17, 15) is 4.79 Å². The molecule has 142 valence electrons. The molecule has 0 radical (unpaired) electrons. The Kier molecular flexibility index (Phi) is 5.14. The van der Waals surface area contributed by atoms with Crippen LogP contribution in [0.25, 0.3) is 0 Å². The van der Waals surface area contributed by atoms with Gasteiger partial charge in [-0.3, -0.25) is 9.78 Å². The van der Waals surface area contributed by atoms with Crippen LogP contribution in [0.5, 0.6) is 0 Å². The third kappa shape index (κ3) is 3.78. The third-order valence-electron chi connectivity index (χ3n) is 4.90. The van der Waals surface area contributed by atoms with E-state index >= 15 is 0 Å². The molecule has 0 N–H and O–H groups in total. The summed E-state index contributed by atoms with van der Waals surface area (Å²) in [5.74, 6) is 0.715. The van der Waals surface area contributed by atoms with Gasteiger partial charge in [-0.25, -0.2) is 9.97 Å². The summed E-state index contributed by atoms with van der Waals surface area (Å²) in [4.78, 5) is 31.8. The fraction of sp³-hybridized carbons (Fsp3) is 0.238. The Hall–Kier alpha value is -3.48. The van der Waals surface area contributed by atoms with Gasteiger partial charge in [0.05, 0.1) is 17.4 Å². The first-order valence-electron chi connectivity index (χ1n) is 9.27. The van der Waals surface area contributed by atoms with E-state index in [1.165, 1.54) is 0 Å². The van der Waals surface area contributed by atoms with Crippen molar-refractivity contribution in [2.75, 3.05) is 43.0 Å². The lowest BCUT2D eigenvalue weighted by atomic mass is 10.2. The van der Waals surface area contributed by atoms with E-state index < -0.39 is 0 Å². The van der Waals surface area contributed by atoms with Crippen molar-refractivity contribution in [3.05, 3.63) is 72.8 Å². The lowest BCUT2D eigenvalue weighted by Crippen LogP contribution is -2.49. The van der Waals surface area contributed by atoms with E-state index in [4.69, 9.17) is 0 Å². The standard InChI is InChI=1S/C21H22N6O/c1-25(18-6-3-2-4-7-18)19-14-17(15-22-16-19)20(28)26-10-12-27(13-11-26)21-23-8-5-9-24-21/h2-9,14-16H,10-13H2,1H3. The Morgan fingerprint density at radius 1 is 0.929 bits per heavy atom. The molecule has 28 heavy (non-hydrogen) atoms. The number of piperazine rings is 1.